The molecular weight excluding hydrogens is 186 g/mol. The van der Waals surface area contributed by atoms with E-state index in [1.165, 1.54) is 23.7 Å². The lowest BCUT2D eigenvalue weighted by molar-refractivity contribution is 0.355. The van der Waals surface area contributed by atoms with Gasteiger partial charge in [0, 0.05) is 11.9 Å². The molecule has 1 N–H and O–H groups in total. The molecule has 1 saturated heterocycles. The number of rotatable bonds is 1. The zero-order valence-electron chi connectivity index (χ0n) is 8.69. The predicted molar refractivity (Wildman–Crippen MR) is 60.9 cm³/mol. The summed E-state index contributed by atoms with van der Waals surface area (Å²) in [5.74, 6) is 0. The zero-order chi connectivity index (χ0) is 10.1. The van der Waals surface area contributed by atoms with Gasteiger partial charge in [0.15, 0.2) is 0 Å². The van der Waals surface area contributed by atoms with Gasteiger partial charge in [0.2, 0.25) is 0 Å². The van der Waals surface area contributed by atoms with E-state index in [9.17, 15) is 0 Å². The third kappa shape index (κ3) is 1.53. The first kappa shape index (κ1) is 8.92. The molecule has 0 radical (unpaired) electrons. The molecule has 2 aromatic rings. The van der Waals surface area contributed by atoms with Gasteiger partial charge in [0.05, 0.1) is 17.8 Å². The molecule has 3 nitrogen and oxygen atoms in total. The fourth-order valence-corrected chi connectivity index (χ4v) is 2.33. The van der Waals surface area contributed by atoms with Crippen LogP contribution >= 0.6 is 0 Å². The van der Waals surface area contributed by atoms with E-state index in [0.29, 0.717) is 6.04 Å². The molecule has 0 spiro atoms. The van der Waals surface area contributed by atoms with Crippen molar-refractivity contribution in [2.75, 3.05) is 13.1 Å². The number of fused-ring (bicyclic) bond motifs is 1. The number of nitrogens with one attached hydrogen (secondary N) is 1. The molecule has 1 aromatic heterocycles. The predicted octanol–water partition coefficient (Wildman–Crippen LogP) is 1.96. The van der Waals surface area contributed by atoms with Crippen LogP contribution in [-0.4, -0.2) is 22.9 Å². The minimum atomic E-state index is 0.527. The van der Waals surface area contributed by atoms with Crippen molar-refractivity contribution in [3.05, 3.63) is 30.5 Å². The first-order valence-corrected chi connectivity index (χ1v) is 5.58. The second kappa shape index (κ2) is 3.66. The molecule has 1 aliphatic heterocycles. The minimum absolute atomic E-state index is 0.527. The maximum Gasteiger partial charge on any atom is 0.0686 e. The fraction of sp³-hybridized carbons (Fsp3) is 0.417. The summed E-state index contributed by atoms with van der Waals surface area (Å²) in [6.07, 6.45) is 4.45. The van der Waals surface area contributed by atoms with E-state index in [-0.39, 0.29) is 0 Å². The summed E-state index contributed by atoms with van der Waals surface area (Å²) in [6, 6.07) is 8.94. The molecule has 1 fully saturated rings. The second-order valence-electron chi connectivity index (χ2n) is 4.15. The SMILES string of the molecule is c1ccc2c(c1)cnn2C1CCCNC1. The van der Waals surface area contributed by atoms with E-state index in [0.717, 1.165) is 13.1 Å². The highest BCUT2D eigenvalue weighted by Crippen LogP contribution is 2.21. The summed E-state index contributed by atoms with van der Waals surface area (Å²) >= 11 is 0. The van der Waals surface area contributed by atoms with Gasteiger partial charge in [-0.25, -0.2) is 0 Å². The summed E-state index contributed by atoms with van der Waals surface area (Å²) in [5, 5.41) is 9.16. The van der Waals surface area contributed by atoms with Crippen LogP contribution in [0.5, 0.6) is 0 Å². The van der Waals surface area contributed by atoms with Crippen molar-refractivity contribution < 1.29 is 0 Å². The van der Waals surface area contributed by atoms with E-state index in [2.05, 4.69) is 39.4 Å². The molecule has 3 heteroatoms. The molecule has 1 atom stereocenters. The normalized spacial score (nSPS) is 22.0. The molecule has 1 aliphatic rings. The van der Waals surface area contributed by atoms with Crippen LogP contribution in [-0.2, 0) is 0 Å². The van der Waals surface area contributed by atoms with Crippen LogP contribution in [0.1, 0.15) is 18.9 Å². The van der Waals surface area contributed by atoms with Gasteiger partial charge in [-0.1, -0.05) is 18.2 Å². The van der Waals surface area contributed by atoms with Crippen molar-refractivity contribution in [2.24, 2.45) is 0 Å². The quantitative estimate of drug-likeness (QED) is 0.764. The summed E-state index contributed by atoms with van der Waals surface area (Å²) in [6.45, 7) is 2.20. The summed E-state index contributed by atoms with van der Waals surface area (Å²) in [4.78, 5) is 0. The number of benzene rings is 1. The Kier molecular flexibility index (Phi) is 2.18. The topological polar surface area (TPSA) is 29.9 Å². The van der Waals surface area contributed by atoms with E-state index >= 15 is 0 Å². The third-order valence-electron chi connectivity index (χ3n) is 3.12. The Labute approximate surface area is 89.1 Å². The van der Waals surface area contributed by atoms with Crippen molar-refractivity contribution in [3.63, 3.8) is 0 Å². The number of piperidine rings is 1. The van der Waals surface area contributed by atoms with Gasteiger partial charge in [-0.3, -0.25) is 4.68 Å². The maximum absolute atomic E-state index is 4.50. The van der Waals surface area contributed by atoms with Gasteiger partial charge < -0.3 is 5.32 Å². The highest BCUT2D eigenvalue weighted by molar-refractivity contribution is 5.78. The molecular formula is C12H15N3. The van der Waals surface area contributed by atoms with Gasteiger partial charge in [-0.2, -0.15) is 5.10 Å². The molecule has 3 rings (SSSR count). The van der Waals surface area contributed by atoms with Gasteiger partial charge in [-0.15, -0.1) is 0 Å². The Balaban J connectivity index is 2.02. The zero-order valence-corrected chi connectivity index (χ0v) is 8.69. The van der Waals surface area contributed by atoms with Gasteiger partial charge in [0.1, 0.15) is 0 Å². The lowest BCUT2D eigenvalue weighted by Crippen LogP contribution is -2.32. The maximum atomic E-state index is 4.50. The molecule has 78 valence electrons. The van der Waals surface area contributed by atoms with Crippen molar-refractivity contribution in [2.45, 2.75) is 18.9 Å². The van der Waals surface area contributed by atoms with Crippen LogP contribution in [0.4, 0.5) is 0 Å². The molecule has 1 unspecified atom stereocenters. The Bertz CT molecular complexity index is 455. The van der Waals surface area contributed by atoms with Crippen molar-refractivity contribution in [1.82, 2.24) is 15.1 Å². The molecule has 0 bridgehead atoms. The standard InChI is InChI=1S/C12H15N3/c1-2-6-12-10(4-1)8-14-15(12)11-5-3-7-13-9-11/h1-2,4,6,8,11,13H,3,5,7,9H2. The van der Waals surface area contributed by atoms with Crippen LogP contribution < -0.4 is 5.32 Å². The molecule has 15 heavy (non-hydrogen) atoms. The summed E-state index contributed by atoms with van der Waals surface area (Å²) in [7, 11) is 0. The van der Waals surface area contributed by atoms with E-state index < -0.39 is 0 Å². The Morgan fingerprint density at radius 2 is 2.27 bits per heavy atom. The number of para-hydroxylation sites is 1. The lowest BCUT2D eigenvalue weighted by atomic mass is 10.1. The molecule has 0 amide bonds. The average molecular weight is 201 g/mol. The van der Waals surface area contributed by atoms with Crippen LogP contribution in [0.15, 0.2) is 30.5 Å². The van der Waals surface area contributed by atoms with Crippen LogP contribution in [0, 0.1) is 0 Å². The van der Waals surface area contributed by atoms with E-state index in [1.807, 2.05) is 6.20 Å². The highest BCUT2D eigenvalue weighted by atomic mass is 15.3. The second-order valence-corrected chi connectivity index (χ2v) is 4.15. The van der Waals surface area contributed by atoms with Gasteiger partial charge in [-0.05, 0) is 25.5 Å². The van der Waals surface area contributed by atoms with E-state index in [1.54, 1.807) is 0 Å². The Hall–Kier alpha value is -1.35. The lowest BCUT2D eigenvalue weighted by Gasteiger charge is -2.23. The first-order chi connectivity index (χ1) is 7.45. The number of hydrogen-bond acceptors (Lipinski definition) is 2. The Morgan fingerprint density at radius 1 is 1.33 bits per heavy atom. The summed E-state index contributed by atoms with van der Waals surface area (Å²) < 4.78 is 2.17. The fourth-order valence-electron chi connectivity index (χ4n) is 2.33. The molecule has 2 heterocycles. The average Bonchev–Trinajstić information content (AvgIpc) is 2.74. The molecule has 0 saturated carbocycles. The number of nitrogens with zero attached hydrogens (tertiary/aromatic N) is 2. The highest BCUT2D eigenvalue weighted by Gasteiger charge is 2.16. The summed E-state index contributed by atoms with van der Waals surface area (Å²) in [5.41, 5.74) is 1.26. The van der Waals surface area contributed by atoms with Crippen molar-refractivity contribution in [1.29, 1.82) is 0 Å². The number of hydrogen-bond donors (Lipinski definition) is 1. The minimum Gasteiger partial charge on any atom is -0.315 e. The van der Waals surface area contributed by atoms with Crippen LogP contribution in [0.3, 0.4) is 0 Å². The van der Waals surface area contributed by atoms with Crippen molar-refractivity contribution in [3.8, 4) is 0 Å². The Morgan fingerprint density at radius 3 is 3.13 bits per heavy atom. The van der Waals surface area contributed by atoms with Crippen LogP contribution in [0.25, 0.3) is 10.9 Å². The molecule has 1 aromatic carbocycles. The monoisotopic (exact) mass is 201 g/mol. The smallest absolute Gasteiger partial charge is 0.0686 e. The van der Waals surface area contributed by atoms with Gasteiger partial charge >= 0.3 is 0 Å². The van der Waals surface area contributed by atoms with Crippen LogP contribution in [0.2, 0.25) is 0 Å². The largest absolute Gasteiger partial charge is 0.315 e. The molecule has 0 aliphatic carbocycles. The van der Waals surface area contributed by atoms with Gasteiger partial charge in [0.25, 0.3) is 0 Å². The first-order valence-electron chi connectivity index (χ1n) is 5.58. The number of aromatic nitrogens is 2. The third-order valence-corrected chi connectivity index (χ3v) is 3.12. The van der Waals surface area contributed by atoms with E-state index in [4.69, 9.17) is 0 Å². The van der Waals surface area contributed by atoms with Crippen molar-refractivity contribution >= 4 is 10.9 Å².